The Balaban J connectivity index is 0. The predicted molar refractivity (Wildman–Crippen MR) is 30.7 cm³/mol. The summed E-state index contributed by atoms with van der Waals surface area (Å²) in [5, 5.41) is 0. The minimum Gasteiger partial charge on any atom is -0.369 e. The van der Waals surface area contributed by atoms with E-state index < -0.39 is 0 Å². The number of carbonyl (C=O) groups excluding carboxylic acids is 1. The van der Waals surface area contributed by atoms with Crippen molar-refractivity contribution in [1.29, 1.82) is 0 Å². The molecule has 1 amide bonds. The van der Waals surface area contributed by atoms with E-state index in [2.05, 4.69) is 6.58 Å². The van der Waals surface area contributed by atoms with Crippen LogP contribution in [0.5, 0.6) is 0 Å². The van der Waals surface area contributed by atoms with Crippen LogP contribution in [0.25, 0.3) is 0 Å². The lowest BCUT2D eigenvalue weighted by Crippen LogP contribution is -2.09. The number of hydrogen-bond acceptors (Lipinski definition) is 1. The van der Waals surface area contributed by atoms with Gasteiger partial charge in [-0.25, -0.2) is 0 Å². The monoisotopic (exact) mass is 101 g/mol. The van der Waals surface area contributed by atoms with Crippen molar-refractivity contribution in [3.05, 3.63) is 12.2 Å². The van der Waals surface area contributed by atoms with Crippen LogP contribution in [0, 0.1) is 0 Å². The summed E-state index contributed by atoms with van der Waals surface area (Å²) in [6.45, 7) is 5.26. The average Bonchev–Trinajstić information content (AvgIpc) is 1.27. The molecule has 0 fully saturated rings. The number of nitrogens with two attached hydrogens (primary N) is 1. The van der Waals surface area contributed by atoms with Crippen molar-refractivity contribution in [2.75, 3.05) is 0 Å². The number of carbonyl (C=O) groups is 1. The van der Waals surface area contributed by atoms with Crippen LogP contribution >= 0.6 is 0 Å². The van der Waals surface area contributed by atoms with E-state index >= 15 is 0 Å². The first kappa shape index (κ1) is 6.21. The van der Waals surface area contributed by atoms with Gasteiger partial charge in [-0.05, 0) is 6.92 Å². The molecule has 0 rings (SSSR count). The molecule has 0 saturated carbocycles. The van der Waals surface area contributed by atoms with E-state index in [0.717, 1.165) is 5.57 Å². The third-order valence-electron chi connectivity index (χ3n) is 0.476. The van der Waals surface area contributed by atoms with Crippen molar-refractivity contribution in [2.24, 2.45) is 5.73 Å². The molecule has 0 unspecified atom stereocenters. The van der Waals surface area contributed by atoms with E-state index in [0.29, 0.717) is 6.42 Å². The maximum absolute atomic E-state index is 9.97. The summed E-state index contributed by atoms with van der Waals surface area (Å²) in [5.74, 6) is -0.312. The van der Waals surface area contributed by atoms with Gasteiger partial charge >= 0.3 is 0 Å². The Morgan fingerprint density at radius 1 is 2.00 bits per heavy atom. The van der Waals surface area contributed by atoms with Crippen molar-refractivity contribution < 1.29 is 6.22 Å². The third kappa shape index (κ3) is 5.21. The van der Waals surface area contributed by atoms with E-state index in [1.54, 1.807) is 6.92 Å². The van der Waals surface area contributed by atoms with E-state index in [4.69, 9.17) is 5.73 Å². The topological polar surface area (TPSA) is 43.1 Å². The van der Waals surface area contributed by atoms with Crippen LogP contribution in [0.3, 0.4) is 0 Å². The van der Waals surface area contributed by atoms with Crippen molar-refractivity contribution in [1.82, 2.24) is 0 Å². The molecule has 0 radical (unpaired) electrons. The summed E-state index contributed by atoms with van der Waals surface area (Å²) in [4.78, 5) is 9.97. The molecule has 0 aromatic rings. The first-order valence-electron chi connectivity index (χ1n) is 2.05. The van der Waals surface area contributed by atoms with Gasteiger partial charge in [0, 0.05) is 7.85 Å². The zero-order valence-corrected chi connectivity index (χ0v) is 4.40. The fourth-order valence-corrected chi connectivity index (χ4v) is 0.297. The number of primary amides is 1. The van der Waals surface area contributed by atoms with Crippen molar-refractivity contribution in [3.63, 3.8) is 0 Å². The highest BCUT2D eigenvalue weighted by Gasteiger charge is 1.89. The van der Waals surface area contributed by atoms with Crippen LogP contribution < -0.4 is 5.73 Å². The molecule has 0 bridgehead atoms. The lowest BCUT2D eigenvalue weighted by atomic mass is 10.2. The first-order valence-corrected chi connectivity index (χ1v) is 2.05. The Hall–Kier alpha value is -0.790. The van der Waals surface area contributed by atoms with Gasteiger partial charge in [0.2, 0.25) is 5.91 Å². The highest BCUT2D eigenvalue weighted by molar-refractivity contribution is 5.76. The molecule has 0 aliphatic rings. The fraction of sp³-hybridized carbons (Fsp3) is 0.400. The molecule has 0 aliphatic heterocycles. The Labute approximate surface area is 44.5 Å². The van der Waals surface area contributed by atoms with E-state index in [-0.39, 0.29) is 7.33 Å². The van der Waals surface area contributed by atoms with E-state index in [9.17, 15) is 4.79 Å². The molecule has 42 valence electrons. The lowest BCUT2D eigenvalue weighted by Gasteiger charge is -1.87. The number of hydrogen-bond donors (Lipinski definition) is 1. The van der Waals surface area contributed by atoms with Crippen LogP contribution in [0.1, 0.15) is 14.8 Å². The second-order valence-electron chi connectivity index (χ2n) is 1.60. The van der Waals surface area contributed by atoms with Crippen LogP contribution in [0.2, 0.25) is 0 Å². The molecule has 2 heteroatoms. The molecule has 0 saturated heterocycles. The molecular formula is C5H11NO. The summed E-state index contributed by atoms with van der Waals surface area (Å²) in [5.41, 5.74) is 5.61. The Morgan fingerprint density at radius 2 is 2.43 bits per heavy atom. The van der Waals surface area contributed by atoms with Gasteiger partial charge in [-0.3, -0.25) is 4.79 Å². The Morgan fingerprint density at radius 3 is 2.43 bits per heavy atom. The SMILES string of the molecule is C=C(C)CC(N)=O.[HH]. The zero-order valence-electron chi connectivity index (χ0n) is 4.40. The van der Waals surface area contributed by atoms with Gasteiger partial charge in [0.25, 0.3) is 0 Å². The van der Waals surface area contributed by atoms with Crippen LogP contribution in [-0.2, 0) is 4.79 Å². The number of amides is 1. The minimum absolute atomic E-state index is 0. The molecule has 0 heterocycles. The molecule has 0 aromatic carbocycles. The van der Waals surface area contributed by atoms with Gasteiger partial charge in [0.15, 0.2) is 0 Å². The average molecular weight is 101 g/mol. The maximum Gasteiger partial charge on any atom is 0.221 e. The second kappa shape index (κ2) is 2.39. The highest BCUT2D eigenvalue weighted by Crippen LogP contribution is 1.90. The first-order chi connectivity index (χ1) is 3.13. The van der Waals surface area contributed by atoms with Crippen molar-refractivity contribution in [2.45, 2.75) is 13.3 Å². The van der Waals surface area contributed by atoms with Gasteiger partial charge in [-0.2, -0.15) is 0 Å². The van der Waals surface area contributed by atoms with Gasteiger partial charge in [0.1, 0.15) is 0 Å². The highest BCUT2D eigenvalue weighted by atomic mass is 16.1. The quantitative estimate of drug-likeness (QED) is 0.511. The summed E-state index contributed by atoms with van der Waals surface area (Å²) >= 11 is 0. The maximum atomic E-state index is 9.97. The molecule has 2 N–H and O–H groups in total. The lowest BCUT2D eigenvalue weighted by molar-refractivity contribution is -0.117. The molecule has 2 nitrogen and oxygen atoms in total. The summed E-state index contributed by atoms with van der Waals surface area (Å²) in [7, 11) is 0. The van der Waals surface area contributed by atoms with Crippen LogP contribution in [-0.4, -0.2) is 5.91 Å². The minimum atomic E-state index is -0.312. The van der Waals surface area contributed by atoms with Gasteiger partial charge in [-0.15, -0.1) is 0 Å². The van der Waals surface area contributed by atoms with E-state index in [1.807, 2.05) is 0 Å². The third-order valence-corrected chi connectivity index (χ3v) is 0.476. The van der Waals surface area contributed by atoms with Crippen molar-refractivity contribution in [3.8, 4) is 0 Å². The molecule has 0 aromatic heterocycles. The molecule has 0 atom stereocenters. The summed E-state index contributed by atoms with van der Waals surface area (Å²) in [6.07, 6.45) is 0.306. The van der Waals surface area contributed by atoms with Gasteiger partial charge in [-0.1, -0.05) is 12.2 Å². The second-order valence-corrected chi connectivity index (χ2v) is 1.60. The largest absolute Gasteiger partial charge is 0.369 e. The fourth-order valence-electron chi connectivity index (χ4n) is 0.297. The molecule has 0 aliphatic carbocycles. The van der Waals surface area contributed by atoms with Gasteiger partial charge in [0.05, 0.1) is 0 Å². The zero-order chi connectivity index (χ0) is 5.86. The summed E-state index contributed by atoms with van der Waals surface area (Å²) in [6, 6.07) is 0. The normalized spacial score (nSPS) is 8.14. The molecular weight excluding hydrogens is 90.1 g/mol. The number of rotatable bonds is 2. The van der Waals surface area contributed by atoms with Crippen LogP contribution in [0.15, 0.2) is 12.2 Å². The van der Waals surface area contributed by atoms with Crippen LogP contribution in [0.4, 0.5) is 0 Å². The Bertz CT molecular complexity index is 88.6. The predicted octanol–water partition coefficient (Wildman–Crippen LogP) is 0.684. The standard InChI is InChI=1S/C5H9NO.H2/c1-4(2)3-5(6)7;/h1,3H2,2H3,(H2,6,7);1H. The van der Waals surface area contributed by atoms with Gasteiger partial charge < -0.3 is 5.73 Å². The smallest absolute Gasteiger partial charge is 0.221 e. The summed E-state index contributed by atoms with van der Waals surface area (Å²) < 4.78 is 0. The van der Waals surface area contributed by atoms with Crippen molar-refractivity contribution >= 4 is 5.91 Å². The van der Waals surface area contributed by atoms with E-state index in [1.165, 1.54) is 0 Å². The Kier molecular flexibility index (Phi) is 2.12. The molecule has 7 heavy (non-hydrogen) atoms. The molecule has 0 spiro atoms.